The molecule has 0 aliphatic heterocycles. The highest BCUT2D eigenvalue weighted by atomic mass is 16.5. The second kappa shape index (κ2) is 9.35. The van der Waals surface area contributed by atoms with Gasteiger partial charge in [-0.3, -0.25) is 4.79 Å². The Kier molecular flexibility index (Phi) is 6.61. The normalized spacial score (nSPS) is 10.8. The van der Waals surface area contributed by atoms with Gasteiger partial charge in [-0.05, 0) is 24.6 Å². The van der Waals surface area contributed by atoms with Gasteiger partial charge in [0.15, 0.2) is 5.82 Å². The summed E-state index contributed by atoms with van der Waals surface area (Å²) in [5, 5.41) is 27.1. The Hall–Kier alpha value is -3.79. The van der Waals surface area contributed by atoms with E-state index in [9.17, 15) is 19.8 Å². The van der Waals surface area contributed by atoms with Crippen LogP contribution in [0.3, 0.4) is 0 Å². The monoisotopic (exact) mass is 427 g/mol. The molecule has 3 aromatic rings. The summed E-state index contributed by atoms with van der Waals surface area (Å²) in [6.45, 7) is 2.95. The lowest BCUT2D eigenvalue weighted by Crippen LogP contribution is -2.27. The molecule has 0 aliphatic carbocycles. The molecule has 0 saturated heterocycles. The zero-order valence-corrected chi connectivity index (χ0v) is 17.3. The van der Waals surface area contributed by atoms with Gasteiger partial charge in [0, 0.05) is 26.2 Å². The van der Waals surface area contributed by atoms with Crippen LogP contribution in [0.25, 0.3) is 17.1 Å². The Morgan fingerprint density at radius 3 is 2.71 bits per heavy atom. The van der Waals surface area contributed by atoms with E-state index in [-0.39, 0.29) is 41.6 Å². The largest absolute Gasteiger partial charge is 0.507 e. The smallest absolute Gasteiger partial charge is 0.348 e. The number of nitrogens with zero attached hydrogens (tertiary/aromatic N) is 3. The van der Waals surface area contributed by atoms with Gasteiger partial charge in [-0.2, -0.15) is 5.10 Å². The van der Waals surface area contributed by atoms with Crippen LogP contribution in [0.1, 0.15) is 23.7 Å². The number of nitrogens with one attached hydrogen (secondary N) is 1. The lowest BCUT2D eigenvalue weighted by atomic mass is 10.1. The molecule has 0 fully saturated rings. The van der Waals surface area contributed by atoms with Crippen LogP contribution < -0.4 is 16.2 Å². The number of carbonyl (C=O) groups excluding carboxylic acids is 1. The number of phenols is 2. The van der Waals surface area contributed by atoms with E-state index in [2.05, 4.69) is 10.2 Å². The summed E-state index contributed by atoms with van der Waals surface area (Å²) in [4.78, 5) is 26.8. The molecule has 0 radical (unpaired) electrons. The van der Waals surface area contributed by atoms with Crippen molar-refractivity contribution in [3.05, 3.63) is 52.4 Å². The number of hydrogen-bond acceptors (Lipinski definition) is 7. The Labute approximate surface area is 178 Å². The molecule has 3 rings (SSSR count). The van der Waals surface area contributed by atoms with Gasteiger partial charge >= 0.3 is 5.69 Å². The molecule has 10 nitrogen and oxygen atoms in total. The van der Waals surface area contributed by atoms with Gasteiger partial charge in [0.25, 0.3) is 5.91 Å². The first kappa shape index (κ1) is 21.9. The van der Waals surface area contributed by atoms with E-state index in [1.165, 1.54) is 15.5 Å². The highest BCUT2D eigenvalue weighted by Gasteiger charge is 2.23. The van der Waals surface area contributed by atoms with Gasteiger partial charge in [-0.25, -0.2) is 14.5 Å². The third-order valence-corrected chi connectivity index (χ3v) is 4.64. The van der Waals surface area contributed by atoms with Crippen molar-refractivity contribution in [3.8, 4) is 34.3 Å². The summed E-state index contributed by atoms with van der Waals surface area (Å²) < 4.78 is 6.86. The van der Waals surface area contributed by atoms with E-state index in [0.717, 1.165) is 12.5 Å². The molecule has 1 amide bonds. The van der Waals surface area contributed by atoms with Crippen LogP contribution in [0.2, 0.25) is 0 Å². The summed E-state index contributed by atoms with van der Waals surface area (Å²) >= 11 is 0. The highest BCUT2D eigenvalue weighted by Crippen LogP contribution is 2.36. The summed E-state index contributed by atoms with van der Waals surface area (Å²) in [5.41, 5.74) is 5.41. The Morgan fingerprint density at radius 2 is 2.00 bits per heavy atom. The second-order valence-electron chi connectivity index (χ2n) is 6.91. The van der Waals surface area contributed by atoms with Gasteiger partial charge in [0.2, 0.25) is 0 Å². The molecule has 1 aromatic heterocycles. The van der Waals surface area contributed by atoms with E-state index in [1.807, 2.05) is 6.92 Å². The minimum absolute atomic E-state index is 0.0154. The van der Waals surface area contributed by atoms with E-state index in [0.29, 0.717) is 18.0 Å². The second-order valence-corrected chi connectivity index (χ2v) is 6.91. The lowest BCUT2D eigenvalue weighted by Gasteiger charge is -2.18. The predicted molar refractivity (Wildman–Crippen MR) is 115 cm³/mol. The maximum Gasteiger partial charge on any atom is 0.348 e. The molecule has 0 bridgehead atoms. The molecule has 0 atom stereocenters. The minimum atomic E-state index is -0.567. The number of para-hydroxylation sites is 2. The Balaban J connectivity index is 2.16. The highest BCUT2D eigenvalue weighted by molar-refractivity contribution is 5.98. The molecule has 1 heterocycles. The van der Waals surface area contributed by atoms with Crippen LogP contribution >= 0.6 is 0 Å². The lowest BCUT2D eigenvalue weighted by molar-refractivity contribution is 0.0792. The number of carbonyl (C=O) groups is 1. The number of rotatable bonds is 8. The number of H-pyrrole nitrogens is 1. The molecule has 0 saturated carbocycles. The van der Waals surface area contributed by atoms with Crippen LogP contribution in [-0.2, 0) is 0 Å². The number of amides is 1. The predicted octanol–water partition coefficient (Wildman–Crippen LogP) is 1.46. The standard InChI is InChI=1S/C21H25N5O5/c1-3-9-25(2)20(29)14-11-13(16(27)12-17(14)28)19-23-24-21(30)26(19)15-6-4-5-7-18(15)31-10-8-22/h4-7,11-12,27-28H,3,8-10,22H2,1-2H3,(H,24,30). The van der Waals surface area contributed by atoms with Crippen molar-refractivity contribution in [1.29, 1.82) is 0 Å². The SMILES string of the molecule is CCCN(C)C(=O)c1cc(-c2n[nH]c(=O)n2-c2ccccc2OCCN)c(O)cc1O. The van der Waals surface area contributed by atoms with Gasteiger partial charge in [0.05, 0.1) is 16.8 Å². The average molecular weight is 427 g/mol. The van der Waals surface area contributed by atoms with Crippen LogP contribution in [-0.4, -0.2) is 62.5 Å². The molecule has 31 heavy (non-hydrogen) atoms. The van der Waals surface area contributed by atoms with Crippen LogP contribution in [0.5, 0.6) is 17.2 Å². The molecular weight excluding hydrogens is 402 g/mol. The first-order chi connectivity index (χ1) is 14.9. The van der Waals surface area contributed by atoms with Crippen molar-refractivity contribution >= 4 is 5.91 Å². The fraction of sp³-hybridized carbons (Fsp3) is 0.286. The number of aromatic amines is 1. The van der Waals surface area contributed by atoms with Gasteiger partial charge in [-0.15, -0.1) is 0 Å². The molecule has 2 aromatic carbocycles. The van der Waals surface area contributed by atoms with Crippen LogP contribution in [0.4, 0.5) is 0 Å². The van der Waals surface area contributed by atoms with Gasteiger partial charge < -0.3 is 25.6 Å². The molecule has 5 N–H and O–H groups in total. The Bertz CT molecular complexity index is 1140. The summed E-state index contributed by atoms with van der Waals surface area (Å²) in [6, 6.07) is 9.18. The van der Waals surface area contributed by atoms with Crippen LogP contribution in [0, 0.1) is 0 Å². The average Bonchev–Trinajstić information content (AvgIpc) is 3.13. The van der Waals surface area contributed by atoms with E-state index < -0.39 is 11.6 Å². The number of aromatic nitrogens is 3. The fourth-order valence-corrected chi connectivity index (χ4v) is 3.20. The van der Waals surface area contributed by atoms with Crippen LogP contribution in [0.15, 0.2) is 41.2 Å². The number of nitrogens with two attached hydrogens (primary N) is 1. The van der Waals surface area contributed by atoms with Gasteiger partial charge in [-0.1, -0.05) is 19.1 Å². The third kappa shape index (κ3) is 4.38. The third-order valence-electron chi connectivity index (χ3n) is 4.64. The minimum Gasteiger partial charge on any atom is -0.507 e. The van der Waals surface area contributed by atoms with E-state index in [4.69, 9.17) is 10.5 Å². The topological polar surface area (TPSA) is 147 Å². The van der Waals surface area contributed by atoms with E-state index in [1.54, 1.807) is 31.3 Å². The van der Waals surface area contributed by atoms with Crippen molar-refractivity contribution < 1.29 is 19.7 Å². The zero-order valence-electron chi connectivity index (χ0n) is 17.3. The maximum absolute atomic E-state index is 12.7. The first-order valence-electron chi connectivity index (χ1n) is 9.80. The fourth-order valence-electron chi connectivity index (χ4n) is 3.20. The molecule has 0 aliphatic rings. The first-order valence-corrected chi connectivity index (χ1v) is 9.80. The number of phenolic OH excluding ortho intramolecular Hbond substituents is 2. The number of aromatic hydroxyl groups is 2. The van der Waals surface area contributed by atoms with Crippen molar-refractivity contribution in [1.82, 2.24) is 19.7 Å². The zero-order chi connectivity index (χ0) is 22.5. The quantitative estimate of drug-likeness (QED) is 0.425. The number of benzene rings is 2. The molecule has 0 spiro atoms. The molecule has 0 unspecified atom stereocenters. The summed E-state index contributed by atoms with van der Waals surface area (Å²) in [7, 11) is 1.62. The van der Waals surface area contributed by atoms with Crippen molar-refractivity contribution in [2.45, 2.75) is 13.3 Å². The summed E-state index contributed by atoms with van der Waals surface area (Å²) in [5.74, 6) is -0.678. The van der Waals surface area contributed by atoms with Crippen molar-refractivity contribution in [2.24, 2.45) is 5.73 Å². The van der Waals surface area contributed by atoms with Crippen molar-refractivity contribution in [3.63, 3.8) is 0 Å². The Morgan fingerprint density at radius 1 is 1.26 bits per heavy atom. The number of hydrogen-bond donors (Lipinski definition) is 4. The summed E-state index contributed by atoms with van der Waals surface area (Å²) in [6.07, 6.45) is 0.742. The molecular formula is C21H25N5O5. The number of ether oxygens (including phenoxy) is 1. The molecule has 10 heteroatoms. The van der Waals surface area contributed by atoms with E-state index >= 15 is 0 Å². The van der Waals surface area contributed by atoms with Crippen molar-refractivity contribution in [2.75, 3.05) is 26.7 Å². The maximum atomic E-state index is 12.7. The molecule has 164 valence electrons. The van der Waals surface area contributed by atoms with Gasteiger partial charge in [0.1, 0.15) is 23.9 Å².